The predicted molar refractivity (Wildman–Crippen MR) is 89.1 cm³/mol. The van der Waals surface area contributed by atoms with Crippen LogP contribution in [-0.4, -0.2) is 17.2 Å². The number of benzene rings is 1. The van der Waals surface area contributed by atoms with Crippen LogP contribution in [0.2, 0.25) is 0 Å². The quantitative estimate of drug-likeness (QED) is 0.783. The number of rotatable bonds is 5. The fraction of sp³-hybridized carbons (Fsp3) is 0.529. The van der Waals surface area contributed by atoms with Crippen molar-refractivity contribution in [2.24, 2.45) is 0 Å². The second kappa shape index (κ2) is 6.77. The summed E-state index contributed by atoms with van der Waals surface area (Å²) < 4.78 is 3.52. The fourth-order valence-electron chi connectivity index (χ4n) is 3.21. The van der Waals surface area contributed by atoms with Gasteiger partial charge >= 0.3 is 0 Å². The van der Waals surface area contributed by atoms with Crippen LogP contribution in [0.15, 0.2) is 34.9 Å². The number of halogens is 1. The number of fused-ring (bicyclic) bond motifs is 1. The molecular formula is C17H23BrN2. The van der Waals surface area contributed by atoms with Gasteiger partial charge in [0, 0.05) is 28.8 Å². The van der Waals surface area contributed by atoms with Crippen molar-refractivity contribution < 1.29 is 0 Å². The first-order chi connectivity index (χ1) is 9.83. The van der Waals surface area contributed by atoms with Crippen molar-refractivity contribution in [3.8, 4) is 0 Å². The van der Waals surface area contributed by atoms with Gasteiger partial charge in [0.25, 0.3) is 0 Å². The van der Waals surface area contributed by atoms with Gasteiger partial charge in [-0.25, -0.2) is 0 Å². The van der Waals surface area contributed by atoms with Crippen LogP contribution in [0.25, 0.3) is 10.9 Å². The molecule has 0 atom stereocenters. The Kier molecular flexibility index (Phi) is 4.79. The van der Waals surface area contributed by atoms with Crippen molar-refractivity contribution in [1.29, 1.82) is 0 Å². The third-order valence-corrected chi connectivity index (χ3v) is 4.84. The molecule has 1 aromatic heterocycles. The van der Waals surface area contributed by atoms with Crippen LogP contribution < -0.4 is 5.32 Å². The second-order valence-corrected chi connectivity index (χ2v) is 6.77. The summed E-state index contributed by atoms with van der Waals surface area (Å²) in [5.74, 6) is 0. The van der Waals surface area contributed by atoms with Gasteiger partial charge in [0.15, 0.2) is 0 Å². The fourth-order valence-corrected chi connectivity index (χ4v) is 3.56. The van der Waals surface area contributed by atoms with E-state index in [1.54, 1.807) is 0 Å². The first-order valence-electron chi connectivity index (χ1n) is 7.81. The molecular weight excluding hydrogens is 312 g/mol. The molecule has 2 aromatic rings. The molecule has 1 N–H and O–H groups in total. The lowest BCUT2D eigenvalue weighted by Crippen LogP contribution is -2.32. The molecule has 1 aliphatic rings. The highest BCUT2D eigenvalue weighted by Crippen LogP contribution is 2.21. The van der Waals surface area contributed by atoms with Crippen molar-refractivity contribution in [1.82, 2.24) is 9.88 Å². The molecule has 0 saturated heterocycles. The number of aryl methyl sites for hydroxylation is 1. The van der Waals surface area contributed by atoms with E-state index in [0.29, 0.717) is 0 Å². The molecule has 0 amide bonds. The summed E-state index contributed by atoms with van der Waals surface area (Å²) in [6, 6.07) is 9.48. The van der Waals surface area contributed by atoms with Gasteiger partial charge in [-0.1, -0.05) is 41.3 Å². The van der Waals surface area contributed by atoms with Crippen LogP contribution in [0.5, 0.6) is 0 Å². The maximum atomic E-state index is 3.72. The standard InChI is InChI=1S/C17H23BrN2/c18-15-8-7-14-9-12-20(17(14)13-15)11-4-10-19-16-5-2-1-3-6-16/h7-9,12-13,16,19H,1-6,10-11H2. The first-order valence-corrected chi connectivity index (χ1v) is 8.60. The molecule has 108 valence electrons. The van der Waals surface area contributed by atoms with E-state index in [4.69, 9.17) is 0 Å². The average molecular weight is 335 g/mol. The molecule has 3 heteroatoms. The zero-order valence-corrected chi connectivity index (χ0v) is 13.5. The summed E-state index contributed by atoms with van der Waals surface area (Å²) in [7, 11) is 0. The summed E-state index contributed by atoms with van der Waals surface area (Å²) in [6.07, 6.45) is 10.4. The maximum absolute atomic E-state index is 3.72. The summed E-state index contributed by atoms with van der Waals surface area (Å²) in [4.78, 5) is 0. The number of aromatic nitrogens is 1. The summed E-state index contributed by atoms with van der Waals surface area (Å²) in [5.41, 5.74) is 1.33. The van der Waals surface area contributed by atoms with Gasteiger partial charge in [0.2, 0.25) is 0 Å². The molecule has 1 aromatic carbocycles. The number of hydrogen-bond donors (Lipinski definition) is 1. The van der Waals surface area contributed by atoms with E-state index >= 15 is 0 Å². The minimum atomic E-state index is 0.777. The molecule has 0 unspecified atom stereocenters. The van der Waals surface area contributed by atoms with Crippen molar-refractivity contribution in [2.45, 2.75) is 51.1 Å². The van der Waals surface area contributed by atoms with E-state index in [2.05, 4.69) is 56.3 Å². The Bertz CT molecular complexity index is 555. The van der Waals surface area contributed by atoms with E-state index in [9.17, 15) is 0 Å². The topological polar surface area (TPSA) is 17.0 Å². The highest BCUT2D eigenvalue weighted by Gasteiger charge is 2.11. The Morgan fingerprint density at radius 1 is 1.15 bits per heavy atom. The third kappa shape index (κ3) is 3.44. The zero-order chi connectivity index (χ0) is 13.8. The zero-order valence-electron chi connectivity index (χ0n) is 11.9. The van der Waals surface area contributed by atoms with Crippen molar-refractivity contribution in [2.75, 3.05) is 6.54 Å². The summed E-state index contributed by atoms with van der Waals surface area (Å²) in [6.45, 7) is 2.23. The third-order valence-electron chi connectivity index (χ3n) is 4.35. The Morgan fingerprint density at radius 2 is 2.00 bits per heavy atom. The molecule has 0 bridgehead atoms. The van der Waals surface area contributed by atoms with Gasteiger partial charge in [-0.2, -0.15) is 0 Å². The Balaban J connectivity index is 1.50. The van der Waals surface area contributed by atoms with Crippen LogP contribution in [0, 0.1) is 0 Å². The largest absolute Gasteiger partial charge is 0.347 e. The Hall–Kier alpha value is -0.800. The van der Waals surface area contributed by atoms with Crippen molar-refractivity contribution >= 4 is 26.8 Å². The minimum Gasteiger partial charge on any atom is -0.347 e. The lowest BCUT2D eigenvalue weighted by molar-refractivity contribution is 0.369. The second-order valence-electron chi connectivity index (χ2n) is 5.85. The van der Waals surface area contributed by atoms with Crippen molar-refractivity contribution in [3.05, 3.63) is 34.9 Å². The van der Waals surface area contributed by atoms with Crippen LogP contribution in [0.3, 0.4) is 0 Å². The highest BCUT2D eigenvalue weighted by atomic mass is 79.9. The molecule has 0 radical (unpaired) electrons. The van der Waals surface area contributed by atoms with E-state index in [1.807, 2.05) is 0 Å². The van der Waals surface area contributed by atoms with E-state index in [-0.39, 0.29) is 0 Å². The average Bonchev–Trinajstić information content (AvgIpc) is 2.87. The van der Waals surface area contributed by atoms with Crippen LogP contribution in [-0.2, 0) is 6.54 Å². The normalized spacial score (nSPS) is 16.9. The number of nitrogens with zero attached hydrogens (tertiary/aromatic N) is 1. The minimum absolute atomic E-state index is 0.777. The Morgan fingerprint density at radius 3 is 2.85 bits per heavy atom. The lowest BCUT2D eigenvalue weighted by Gasteiger charge is -2.22. The van der Waals surface area contributed by atoms with Gasteiger partial charge < -0.3 is 9.88 Å². The van der Waals surface area contributed by atoms with E-state index < -0.39 is 0 Å². The molecule has 3 rings (SSSR count). The van der Waals surface area contributed by atoms with Crippen LogP contribution in [0.4, 0.5) is 0 Å². The van der Waals surface area contributed by atoms with Crippen molar-refractivity contribution in [3.63, 3.8) is 0 Å². The van der Waals surface area contributed by atoms with Crippen LogP contribution in [0.1, 0.15) is 38.5 Å². The van der Waals surface area contributed by atoms with Gasteiger partial charge in [-0.05, 0) is 49.4 Å². The molecule has 0 spiro atoms. The van der Waals surface area contributed by atoms with E-state index in [1.165, 1.54) is 49.4 Å². The highest BCUT2D eigenvalue weighted by molar-refractivity contribution is 9.10. The SMILES string of the molecule is Brc1ccc2ccn(CCCNC3CCCCC3)c2c1. The summed E-state index contributed by atoms with van der Waals surface area (Å²) in [5, 5.41) is 5.05. The molecule has 1 saturated carbocycles. The van der Waals surface area contributed by atoms with Gasteiger partial charge in [0.1, 0.15) is 0 Å². The molecule has 0 aliphatic heterocycles. The molecule has 1 aliphatic carbocycles. The molecule has 1 fully saturated rings. The van der Waals surface area contributed by atoms with Gasteiger partial charge in [-0.3, -0.25) is 0 Å². The van der Waals surface area contributed by atoms with Gasteiger partial charge in [0.05, 0.1) is 0 Å². The number of hydrogen-bond acceptors (Lipinski definition) is 1. The first kappa shape index (κ1) is 14.2. The Labute approximate surface area is 129 Å². The monoisotopic (exact) mass is 334 g/mol. The lowest BCUT2D eigenvalue weighted by atomic mass is 9.95. The smallest absolute Gasteiger partial charge is 0.0491 e. The van der Waals surface area contributed by atoms with Crippen LogP contribution >= 0.6 is 15.9 Å². The molecule has 20 heavy (non-hydrogen) atoms. The molecule has 1 heterocycles. The molecule has 2 nitrogen and oxygen atoms in total. The maximum Gasteiger partial charge on any atom is 0.0491 e. The van der Waals surface area contributed by atoms with Gasteiger partial charge in [-0.15, -0.1) is 0 Å². The predicted octanol–water partition coefficient (Wildman–Crippen LogP) is 4.72. The van der Waals surface area contributed by atoms with E-state index in [0.717, 1.165) is 23.6 Å². The number of nitrogens with one attached hydrogen (secondary N) is 1. The summed E-state index contributed by atoms with van der Waals surface area (Å²) >= 11 is 3.56.